The van der Waals surface area contributed by atoms with Crippen molar-refractivity contribution in [3.63, 3.8) is 0 Å². The second-order valence-electron chi connectivity index (χ2n) is 10.2. The summed E-state index contributed by atoms with van der Waals surface area (Å²) in [6, 6.07) is 5.62. The highest BCUT2D eigenvalue weighted by molar-refractivity contribution is 6.30. The number of aliphatic hydroxyl groups excluding tert-OH is 8. The van der Waals surface area contributed by atoms with Crippen LogP contribution in [0.25, 0.3) is 0 Å². The van der Waals surface area contributed by atoms with Crippen molar-refractivity contribution in [2.24, 2.45) is 0 Å². The normalized spacial score (nSPS) is 33.9. The van der Waals surface area contributed by atoms with Crippen LogP contribution >= 0.6 is 0 Å². The number of carboxylic acid groups (broad SMARTS) is 1. The van der Waals surface area contributed by atoms with E-state index in [2.05, 4.69) is 0 Å². The van der Waals surface area contributed by atoms with Gasteiger partial charge in [-0.1, -0.05) is 12.1 Å². The fourth-order valence-electron chi connectivity index (χ4n) is 5.15. The second-order valence-corrected chi connectivity index (χ2v) is 10.2. The Morgan fingerprint density at radius 1 is 0.674 bits per heavy atom. The molecule has 3 aliphatic rings. The minimum atomic E-state index is -1.94. The Balaban J connectivity index is 1.56. The lowest BCUT2D eigenvalue weighted by Gasteiger charge is -2.40. The summed E-state index contributed by atoms with van der Waals surface area (Å²) >= 11 is 0. The van der Waals surface area contributed by atoms with Crippen LogP contribution in [0.3, 0.4) is 0 Å². The number of rotatable bonds is 7. The molecule has 232 valence electrons. The maximum Gasteiger partial charge on any atom is 0.335 e. The summed E-state index contributed by atoms with van der Waals surface area (Å²) in [4.78, 5) is 39.5. The molecule has 0 unspecified atom stereocenters. The van der Waals surface area contributed by atoms with Gasteiger partial charge < -0.3 is 64.9 Å². The van der Waals surface area contributed by atoms with Crippen LogP contribution < -0.4 is 9.47 Å². The monoisotopic (exact) mass is 608 g/mol. The molecule has 0 amide bonds. The van der Waals surface area contributed by atoms with E-state index >= 15 is 0 Å². The number of ketones is 2. The van der Waals surface area contributed by atoms with Crippen molar-refractivity contribution >= 4 is 17.5 Å². The van der Waals surface area contributed by atoms with E-state index in [1.165, 1.54) is 18.2 Å². The van der Waals surface area contributed by atoms with Crippen LogP contribution in [-0.2, 0) is 9.47 Å². The summed E-state index contributed by atoms with van der Waals surface area (Å²) in [5, 5.41) is 89.9. The number of hydrogen-bond acceptors (Lipinski definition) is 15. The van der Waals surface area contributed by atoms with Gasteiger partial charge in [0.1, 0.15) is 60.3 Å². The Hall–Kier alpha value is -3.55. The fraction of sp³-hybridized carbons (Fsp3) is 0.444. The first-order valence-electron chi connectivity index (χ1n) is 13.0. The summed E-state index contributed by atoms with van der Waals surface area (Å²) in [5.41, 5.74) is -1.98. The Kier molecular flexibility index (Phi) is 8.52. The number of aliphatic hydroxyl groups is 8. The molecule has 5 rings (SSSR count). The van der Waals surface area contributed by atoms with Gasteiger partial charge in [0, 0.05) is 11.1 Å². The Morgan fingerprint density at radius 2 is 1.19 bits per heavy atom. The third-order valence-corrected chi connectivity index (χ3v) is 7.50. The van der Waals surface area contributed by atoms with Gasteiger partial charge in [-0.05, 0) is 18.2 Å². The standard InChI is InChI=1S/C27H28O16/c28-6-13-18(31)21(34)23(36)26(42-13)40-11-3-1-2-9-15(11)20(33)16-10(17(9)30)4-8(25(38)39)5-12(16)41-27-24(37)22(35)19(32)14(7-29)43-27/h1-5,13-14,18-19,21-24,26-29,31-32,34-37H,6-7H2,(H,38,39)/t13-,14-,18+,19+,21-,22+,23-,24-,26-,27-/m1/s1. The number of benzene rings is 2. The van der Waals surface area contributed by atoms with E-state index in [-0.39, 0.29) is 16.9 Å². The first-order chi connectivity index (χ1) is 20.4. The van der Waals surface area contributed by atoms with Crippen LogP contribution in [0.4, 0.5) is 0 Å². The van der Waals surface area contributed by atoms with Crippen LogP contribution in [0.5, 0.6) is 11.5 Å². The highest BCUT2D eigenvalue weighted by atomic mass is 16.7. The maximum absolute atomic E-state index is 14.0. The van der Waals surface area contributed by atoms with Crippen molar-refractivity contribution in [1.82, 2.24) is 0 Å². The fourth-order valence-corrected chi connectivity index (χ4v) is 5.15. The van der Waals surface area contributed by atoms with Gasteiger partial charge in [0.15, 0.2) is 5.78 Å². The molecular weight excluding hydrogens is 580 g/mol. The van der Waals surface area contributed by atoms with Gasteiger partial charge in [0.05, 0.1) is 29.9 Å². The molecule has 2 aromatic rings. The van der Waals surface area contributed by atoms with Crippen LogP contribution in [0.2, 0.25) is 0 Å². The van der Waals surface area contributed by atoms with Gasteiger partial charge in [-0.3, -0.25) is 9.59 Å². The zero-order chi connectivity index (χ0) is 31.3. The van der Waals surface area contributed by atoms with Gasteiger partial charge in [-0.25, -0.2) is 4.79 Å². The minimum absolute atomic E-state index is 0.235. The van der Waals surface area contributed by atoms with Gasteiger partial charge in [0.2, 0.25) is 18.4 Å². The van der Waals surface area contributed by atoms with Crippen molar-refractivity contribution in [2.45, 2.75) is 61.4 Å². The van der Waals surface area contributed by atoms with Gasteiger partial charge >= 0.3 is 5.97 Å². The smallest absolute Gasteiger partial charge is 0.335 e. The molecule has 9 N–H and O–H groups in total. The van der Waals surface area contributed by atoms with E-state index in [0.717, 1.165) is 12.1 Å². The number of carbonyl (C=O) groups is 3. The quantitative estimate of drug-likeness (QED) is 0.126. The van der Waals surface area contributed by atoms with Crippen molar-refractivity contribution in [1.29, 1.82) is 0 Å². The summed E-state index contributed by atoms with van der Waals surface area (Å²) in [6.45, 7) is -1.56. The van der Waals surface area contributed by atoms with E-state index in [4.69, 9.17) is 18.9 Å². The van der Waals surface area contributed by atoms with Crippen LogP contribution in [-0.4, -0.2) is 138 Å². The lowest BCUT2D eigenvalue weighted by molar-refractivity contribution is -0.277. The molecule has 0 saturated carbocycles. The van der Waals surface area contributed by atoms with Crippen molar-refractivity contribution in [3.8, 4) is 11.5 Å². The zero-order valence-corrected chi connectivity index (χ0v) is 22.0. The molecule has 0 aromatic heterocycles. The molecular formula is C27H28O16. The van der Waals surface area contributed by atoms with Crippen molar-refractivity contribution in [2.75, 3.05) is 13.2 Å². The summed E-state index contributed by atoms with van der Waals surface area (Å²) in [6.07, 6.45) is -17.2. The van der Waals surface area contributed by atoms with Crippen LogP contribution in [0.15, 0.2) is 30.3 Å². The molecule has 0 radical (unpaired) electrons. The molecule has 0 bridgehead atoms. The number of carbonyl (C=O) groups excluding carboxylic acids is 2. The third kappa shape index (κ3) is 5.27. The van der Waals surface area contributed by atoms with E-state index in [0.29, 0.717) is 0 Å². The molecule has 43 heavy (non-hydrogen) atoms. The molecule has 2 aromatic carbocycles. The van der Waals surface area contributed by atoms with E-state index in [9.17, 15) is 60.3 Å². The largest absolute Gasteiger partial charge is 0.478 e. The number of hydrogen-bond donors (Lipinski definition) is 9. The SMILES string of the molecule is O=C(O)c1cc(O[C@@H]2O[C@H](CO)[C@H](O)[C@H](O)[C@H]2O)c2c(c1)C(=O)c1cccc(O[C@@H]3O[C@H](CO)[C@H](O)[C@@H](O)[C@H]3O)c1C2=O. The molecule has 16 heteroatoms. The van der Waals surface area contributed by atoms with Crippen molar-refractivity contribution in [3.05, 3.63) is 58.1 Å². The van der Waals surface area contributed by atoms with E-state index in [1.54, 1.807) is 0 Å². The molecule has 1 aliphatic carbocycles. The van der Waals surface area contributed by atoms with Gasteiger partial charge in [-0.15, -0.1) is 0 Å². The number of carboxylic acids is 1. The first kappa shape index (κ1) is 30.9. The Labute approximate surface area is 241 Å². The topological polar surface area (TPSA) is 270 Å². The van der Waals surface area contributed by atoms with E-state index in [1.807, 2.05) is 0 Å². The van der Waals surface area contributed by atoms with Crippen LogP contribution in [0, 0.1) is 0 Å². The Bertz CT molecular complexity index is 1420. The summed E-state index contributed by atoms with van der Waals surface area (Å²) < 4.78 is 21.9. The minimum Gasteiger partial charge on any atom is -0.478 e. The number of aromatic carboxylic acids is 1. The summed E-state index contributed by atoms with van der Waals surface area (Å²) in [7, 11) is 0. The highest BCUT2D eigenvalue weighted by Gasteiger charge is 2.47. The third-order valence-electron chi connectivity index (χ3n) is 7.50. The lowest BCUT2D eigenvalue weighted by atomic mass is 9.82. The Morgan fingerprint density at radius 3 is 1.70 bits per heavy atom. The maximum atomic E-state index is 14.0. The molecule has 2 saturated heterocycles. The van der Waals surface area contributed by atoms with E-state index < -0.39 is 115 Å². The number of ether oxygens (including phenoxy) is 4. The second kappa shape index (κ2) is 11.9. The predicted octanol–water partition coefficient (Wildman–Crippen LogP) is -3.48. The number of fused-ring (bicyclic) bond motifs is 2. The lowest BCUT2D eigenvalue weighted by Crippen LogP contribution is -2.60. The van der Waals surface area contributed by atoms with Gasteiger partial charge in [0.25, 0.3) is 0 Å². The molecule has 10 atom stereocenters. The van der Waals surface area contributed by atoms with Crippen LogP contribution in [0.1, 0.15) is 42.2 Å². The molecule has 2 fully saturated rings. The molecule has 2 aliphatic heterocycles. The average Bonchev–Trinajstić information content (AvgIpc) is 2.99. The molecule has 16 nitrogen and oxygen atoms in total. The highest BCUT2D eigenvalue weighted by Crippen LogP contribution is 2.40. The zero-order valence-electron chi connectivity index (χ0n) is 22.0. The average molecular weight is 609 g/mol. The molecule has 0 spiro atoms. The first-order valence-corrected chi connectivity index (χ1v) is 13.0. The summed E-state index contributed by atoms with van der Waals surface area (Å²) in [5.74, 6) is -4.18. The van der Waals surface area contributed by atoms with Gasteiger partial charge in [-0.2, -0.15) is 0 Å². The van der Waals surface area contributed by atoms with Crippen molar-refractivity contribution < 1.29 is 79.3 Å². The molecule has 2 heterocycles. The predicted molar refractivity (Wildman–Crippen MR) is 135 cm³/mol.